The van der Waals surface area contributed by atoms with Crippen molar-refractivity contribution in [2.45, 2.75) is 20.0 Å². The fourth-order valence-corrected chi connectivity index (χ4v) is 2.93. The van der Waals surface area contributed by atoms with Gasteiger partial charge < -0.3 is 19.4 Å². The van der Waals surface area contributed by atoms with Crippen LogP contribution in [0.5, 0.6) is 0 Å². The molecule has 132 valence electrons. The van der Waals surface area contributed by atoms with Gasteiger partial charge in [0.05, 0.1) is 17.6 Å². The van der Waals surface area contributed by atoms with E-state index in [1.54, 1.807) is 0 Å². The lowest BCUT2D eigenvalue weighted by atomic mass is 10.3. The quantitative estimate of drug-likeness (QED) is 0.574. The number of nitrogens with one attached hydrogen (secondary N) is 1. The van der Waals surface area contributed by atoms with Gasteiger partial charge >= 0.3 is 0 Å². The van der Waals surface area contributed by atoms with E-state index in [1.165, 1.54) is 5.69 Å². The molecule has 6 heteroatoms. The minimum atomic E-state index is 0.547. The van der Waals surface area contributed by atoms with E-state index >= 15 is 0 Å². The largest absolute Gasteiger partial charge is 0.357 e. The van der Waals surface area contributed by atoms with Gasteiger partial charge in [-0.05, 0) is 31.2 Å². The van der Waals surface area contributed by atoms with Crippen molar-refractivity contribution in [1.82, 2.24) is 24.3 Å². The van der Waals surface area contributed by atoms with Crippen LogP contribution >= 0.6 is 0 Å². The van der Waals surface area contributed by atoms with Gasteiger partial charge in [-0.3, -0.25) is 0 Å². The lowest BCUT2D eigenvalue weighted by Crippen LogP contribution is -2.38. The highest BCUT2D eigenvalue weighted by Gasteiger charge is 2.10. The minimum absolute atomic E-state index is 0.547. The molecule has 6 nitrogen and oxygen atoms in total. The van der Waals surface area contributed by atoms with Gasteiger partial charge in [0.25, 0.3) is 0 Å². The molecular weight excluding hydrogens is 312 g/mol. The number of hydrogen-bond donors (Lipinski definition) is 1. The lowest BCUT2D eigenvalue weighted by Gasteiger charge is -2.22. The summed E-state index contributed by atoms with van der Waals surface area (Å²) < 4.78 is 4.24. The monoisotopic (exact) mass is 338 g/mol. The van der Waals surface area contributed by atoms with Gasteiger partial charge in [-0.1, -0.05) is 12.1 Å². The lowest BCUT2D eigenvalue weighted by molar-refractivity contribution is 0.461. The third-order valence-electron chi connectivity index (χ3n) is 4.40. The predicted octanol–water partition coefficient (Wildman–Crippen LogP) is 2.51. The molecule has 1 N–H and O–H groups in total. The first-order chi connectivity index (χ1) is 12.1. The van der Waals surface area contributed by atoms with Crippen molar-refractivity contribution in [3.63, 3.8) is 0 Å². The Kier molecular flexibility index (Phi) is 5.07. The van der Waals surface area contributed by atoms with Crippen molar-refractivity contribution in [3.8, 4) is 0 Å². The zero-order chi connectivity index (χ0) is 17.8. The van der Waals surface area contributed by atoms with Crippen LogP contribution in [-0.4, -0.2) is 38.6 Å². The van der Waals surface area contributed by atoms with Gasteiger partial charge in [-0.15, -0.1) is 0 Å². The highest BCUT2D eigenvalue weighted by Crippen LogP contribution is 2.15. The van der Waals surface area contributed by atoms with Gasteiger partial charge in [0, 0.05) is 39.6 Å². The molecule has 0 aliphatic carbocycles. The fourth-order valence-electron chi connectivity index (χ4n) is 2.93. The number of imidazole rings is 1. The van der Waals surface area contributed by atoms with Gasteiger partial charge in [0.1, 0.15) is 12.4 Å². The molecule has 25 heavy (non-hydrogen) atoms. The predicted molar refractivity (Wildman–Crippen MR) is 102 cm³/mol. The van der Waals surface area contributed by atoms with Crippen LogP contribution in [0.4, 0.5) is 0 Å². The number of fused-ring (bicyclic) bond motifs is 1. The molecule has 0 aliphatic rings. The van der Waals surface area contributed by atoms with E-state index in [9.17, 15) is 0 Å². The summed E-state index contributed by atoms with van der Waals surface area (Å²) in [7, 11) is 6.16. The van der Waals surface area contributed by atoms with Gasteiger partial charge in [-0.25, -0.2) is 9.98 Å². The van der Waals surface area contributed by atoms with Crippen LogP contribution in [-0.2, 0) is 27.2 Å². The normalized spacial score (nSPS) is 11.9. The number of guanidine groups is 1. The first-order valence-corrected chi connectivity index (χ1v) is 8.60. The van der Waals surface area contributed by atoms with E-state index in [0.29, 0.717) is 6.54 Å². The number of aliphatic imine (C=N–C) groups is 1. The number of para-hydroxylation sites is 2. The molecule has 0 radical (unpaired) electrons. The summed E-state index contributed by atoms with van der Waals surface area (Å²) in [5, 5.41) is 3.37. The number of nitrogens with zero attached hydrogens (tertiary/aromatic N) is 5. The van der Waals surface area contributed by atoms with Crippen molar-refractivity contribution in [2.24, 2.45) is 19.1 Å². The molecule has 0 aliphatic heterocycles. The summed E-state index contributed by atoms with van der Waals surface area (Å²) >= 11 is 0. The Morgan fingerprint density at radius 3 is 2.68 bits per heavy atom. The average Bonchev–Trinajstić information content (AvgIpc) is 3.15. The van der Waals surface area contributed by atoms with Crippen LogP contribution < -0.4 is 5.32 Å². The van der Waals surface area contributed by atoms with Crippen LogP contribution in [0, 0.1) is 0 Å². The Bertz CT molecular complexity index is 873. The second-order valence-corrected chi connectivity index (χ2v) is 6.21. The smallest absolute Gasteiger partial charge is 0.194 e. The number of aryl methyl sites for hydroxylation is 2. The summed E-state index contributed by atoms with van der Waals surface area (Å²) in [5.41, 5.74) is 3.39. The molecular formula is C19H26N6. The van der Waals surface area contributed by atoms with Gasteiger partial charge in [0.2, 0.25) is 0 Å². The van der Waals surface area contributed by atoms with Gasteiger partial charge in [0.15, 0.2) is 5.96 Å². The van der Waals surface area contributed by atoms with Crippen LogP contribution in [0.1, 0.15) is 18.4 Å². The number of benzene rings is 1. The van der Waals surface area contributed by atoms with Crippen molar-refractivity contribution >= 4 is 17.0 Å². The van der Waals surface area contributed by atoms with E-state index in [2.05, 4.69) is 64.8 Å². The first kappa shape index (κ1) is 17.1. The molecule has 0 saturated carbocycles. The molecule has 0 spiro atoms. The highest BCUT2D eigenvalue weighted by atomic mass is 15.3. The summed E-state index contributed by atoms with van der Waals surface area (Å²) in [6.07, 6.45) is 2.06. The summed E-state index contributed by atoms with van der Waals surface area (Å²) in [6, 6.07) is 12.4. The van der Waals surface area contributed by atoms with Crippen LogP contribution in [0.2, 0.25) is 0 Å². The highest BCUT2D eigenvalue weighted by molar-refractivity contribution is 5.80. The Morgan fingerprint density at radius 2 is 2.00 bits per heavy atom. The Hall–Kier alpha value is -2.76. The van der Waals surface area contributed by atoms with E-state index < -0.39 is 0 Å². The van der Waals surface area contributed by atoms with Crippen LogP contribution in [0.3, 0.4) is 0 Å². The molecule has 0 amide bonds. The van der Waals surface area contributed by atoms with Crippen LogP contribution in [0.25, 0.3) is 11.0 Å². The Balaban J connectivity index is 1.79. The number of hydrogen-bond acceptors (Lipinski definition) is 2. The molecule has 2 heterocycles. The van der Waals surface area contributed by atoms with Crippen molar-refractivity contribution in [1.29, 1.82) is 0 Å². The van der Waals surface area contributed by atoms with E-state index in [4.69, 9.17) is 9.98 Å². The third-order valence-corrected chi connectivity index (χ3v) is 4.40. The SMILES string of the molecule is CCNC(=NCc1nc2ccccc2n1C)N(C)Cc1cccn1C. The molecule has 3 aromatic rings. The maximum absolute atomic E-state index is 4.79. The molecule has 0 bridgehead atoms. The second kappa shape index (κ2) is 7.42. The zero-order valence-electron chi connectivity index (χ0n) is 15.4. The van der Waals surface area contributed by atoms with Crippen molar-refractivity contribution < 1.29 is 0 Å². The van der Waals surface area contributed by atoms with Crippen molar-refractivity contribution in [2.75, 3.05) is 13.6 Å². The first-order valence-electron chi connectivity index (χ1n) is 8.60. The van der Waals surface area contributed by atoms with Gasteiger partial charge in [-0.2, -0.15) is 0 Å². The molecule has 0 fully saturated rings. The maximum atomic E-state index is 4.79. The molecule has 0 saturated heterocycles. The number of aromatic nitrogens is 3. The minimum Gasteiger partial charge on any atom is -0.357 e. The summed E-state index contributed by atoms with van der Waals surface area (Å²) in [4.78, 5) is 11.6. The molecule has 1 aromatic carbocycles. The third kappa shape index (κ3) is 3.68. The Labute approximate surface area is 148 Å². The molecule has 2 aromatic heterocycles. The fraction of sp³-hybridized carbons (Fsp3) is 0.368. The standard InChI is InChI=1S/C19H26N6/c1-5-20-19(24(3)14-15-9-8-12-23(15)2)21-13-18-22-16-10-6-7-11-17(16)25(18)4/h6-12H,5,13-14H2,1-4H3,(H,20,21). The van der Waals surface area contributed by atoms with Crippen molar-refractivity contribution in [3.05, 3.63) is 54.1 Å². The van der Waals surface area contributed by atoms with E-state index in [-0.39, 0.29) is 0 Å². The second-order valence-electron chi connectivity index (χ2n) is 6.21. The zero-order valence-corrected chi connectivity index (χ0v) is 15.4. The topological polar surface area (TPSA) is 50.4 Å². The van der Waals surface area contributed by atoms with E-state index in [1.807, 2.05) is 25.2 Å². The van der Waals surface area contributed by atoms with Crippen LogP contribution in [0.15, 0.2) is 47.6 Å². The molecule has 3 rings (SSSR count). The Morgan fingerprint density at radius 1 is 1.20 bits per heavy atom. The maximum Gasteiger partial charge on any atom is 0.194 e. The summed E-state index contributed by atoms with van der Waals surface area (Å²) in [5.74, 6) is 1.85. The van der Waals surface area contributed by atoms with E-state index in [0.717, 1.165) is 35.9 Å². The summed E-state index contributed by atoms with van der Waals surface area (Å²) in [6.45, 7) is 4.27. The average molecular weight is 338 g/mol. The molecule has 0 atom stereocenters. The number of rotatable bonds is 5. The molecule has 0 unspecified atom stereocenters.